The van der Waals surface area contributed by atoms with E-state index in [1.165, 1.54) is 22.6 Å². The van der Waals surface area contributed by atoms with Crippen molar-refractivity contribution in [2.75, 3.05) is 0 Å². The van der Waals surface area contributed by atoms with Crippen molar-refractivity contribution in [1.82, 2.24) is 0 Å². The van der Waals surface area contributed by atoms with Crippen LogP contribution >= 0.6 is 11.8 Å². The van der Waals surface area contributed by atoms with E-state index in [9.17, 15) is 4.39 Å². The summed E-state index contributed by atoms with van der Waals surface area (Å²) in [6.07, 6.45) is 0. The number of benzene rings is 2. The smallest absolute Gasteiger partial charge is 0.123 e. The molecule has 2 rings (SSSR count). The Balaban J connectivity index is 2.10. The summed E-state index contributed by atoms with van der Waals surface area (Å²) in [5.41, 5.74) is 8.87. The lowest BCUT2D eigenvalue weighted by molar-refractivity contribution is 0.624. The molecule has 0 aliphatic heterocycles. The maximum absolute atomic E-state index is 13.1. The molecule has 0 radical (unpaired) electrons. The number of halogens is 1. The molecule has 2 aromatic rings. The van der Waals surface area contributed by atoms with E-state index in [4.69, 9.17) is 5.73 Å². The van der Waals surface area contributed by atoms with E-state index in [2.05, 4.69) is 25.1 Å². The average molecular weight is 261 g/mol. The first-order valence-electron chi connectivity index (χ1n) is 5.86. The predicted molar refractivity (Wildman–Crippen MR) is 75.0 cm³/mol. The minimum atomic E-state index is -0.222. The number of thioether (sulfide) groups is 1. The second-order valence-electron chi connectivity index (χ2n) is 4.22. The van der Waals surface area contributed by atoms with E-state index in [1.807, 2.05) is 12.1 Å². The standard InChI is InChI=1S/C15H16FNS/c1-11-3-2-4-15(7-11)18-10-12-5-6-14(16)8-13(12)9-17/h2-8H,9-10,17H2,1H3. The molecule has 0 saturated heterocycles. The van der Waals surface area contributed by atoms with Gasteiger partial charge in [-0.1, -0.05) is 23.8 Å². The van der Waals surface area contributed by atoms with Crippen molar-refractivity contribution in [3.8, 4) is 0 Å². The highest BCUT2D eigenvalue weighted by Crippen LogP contribution is 2.25. The lowest BCUT2D eigenvalue weighted by Crippen LogP contribution is -2.01. The molecule has 2 aromatic carbocycles. The van der Waals surface area contributed by atoms with Crippen LogP contribution < -0.4 is 5.73 Å². The van der Waals surface area contributed by atoms with Crippen molar-refractivity contribution < 1.29 is 4.39 Å². The van der Waals surface area contributed by atoms with E-state index in [0.29, 0.717) is 6.54 Å². The van der Waals surface area contributed by atoms with Crippen molar-refractivity contribution in [2.24, 2.45) is 5.73 Å². The zero-order valence-corrected chi connectivity index (χ0v) is 11.1. The molecule has 0 aliphatic rings. The molecule has 0 bridgehead atoms. The van der Waals surface area contributed by atoms with E-state index >= 15 is 0 Å². The topological polar surface area (TPSA) is 26.0 Å². The van der Waals surface area contributed by atoms with E-state index < -0.39 is 0 Å². The van der Waals surface area contributed by atoms with Crippen LogP contribution in [0.1, 0.15) is 16.7 Å². The Labute approximate surface area is 111 Å². The molecular formula is C15H16FNS. The molecule has 0 spiro atoms. The largest absolute Gasteiger partial charge is 0.326 e. The number of rotatable bonds is 4. The minimum Gasteiger partial charge on any atom is -0.326 e. The van der Waals surface area contributed by atoms with Crippen LogP contribution in [0.15, 0.2) is 47.4 Å². The summed E-state index contributed by atoms with van der Waals surface area (Å²) in [4.78, 5) is 1.22. The van der Waals surface area contributed by atoms with Crippen molar-refractivity contribution in [2.45, 2.75) is 24.1 Å². The molecule has 0 aromatic heterocycles. The fourth-order valence-corrected chi connectivity index (χ4v) is 2.84. The van der Waals surface area contributed by atoms with Crippen LogP contribution in [-0.2, 0) is 12.3 Å². The summed E-state index contributed by atoms with van der Waals surface area (Å²) >= 11 is 1.75. The van der Waals surface area contributed by atoms with Gasteiger partial charge in [0.2, 0.25) is 0 Å². The van der Waals surface area contributed by atoms with Crippen molar-refractivity contribution in [1.29, 1.82) is 0 Å². The lowest BCUT2D eigenvalue weighted by Gasteiger charge is -2.08. The van der Waals surface area contributed by atoms with Crippen LogP contribution in [0, 0.1) is 12.7 Å². The van der Waals surface area contributed by atoms with Crippen LogP contribution in [0.25, 0.3) is 0 Å². The number of hydrogen-bond donors (Lipinski definition) is 1. The fourth-order valence-electron chi connectivity index (χ4n) is 1.79. The van der Waals surface area contributed by atoms with Crippen LogP contribution in [0.5, 0.6) is 0 Å². The van der Waals surface area contributed by atoms with Gasteiger partial charge in [-0.2, -0.15) is 0 Å². The Morgan fingerprint density at radius 1 is 1.11 bits per heavy atom. The molecule has 2 N–H and O–H groups in total. The molecule has 3 heteroatoms. The third-order valence-electron chi connectivity index (χ3n) is 2.77. The zero-order valence-electron chi connectivity index (χ0n) is 10.3. The van der Waals surface area contributed by atoms with Crippen LogP contribution in [-0.4, -0.2) is 0 Å². The third-order valence-corrected chi connectivity index (χ3v) is 3.81. The van der Waals surface area contributed by atoms with Crippen molar-refractivity contribution in [3.63, 3.8) is 0 Å². The van der Waals surface area contributed by atoms with Crippen LogP contribution in [0.3, 0.4) is 0 Å². The maximum Gasteiger partial charge on any atom is 0.123 e. The van der Waals surface area contributed by atoms with Gasteiger partial charge in [0.05, 0.1) is 0 Å². The molecule has 0 aliphatic carbocycles. The van der Waals surface area contributed by atoms with Gasteiger partial charge in [0.25, 0.3) is 0 Å². The highest BCUT2D eigenvalue weighted by Gasteiger charge is 2.04. The molecule has 0 unspecified atom stereocenters. The summed E-state index contributed by atoms with van der Waals surface area (Å²) in [5, 5.41) is 0. The molecule has 0 fully saturated rings. The molecule has 94 valence electrons. The molecular weight excluding hydrogens is 245 g/mol. The first kappa shape index (κ1) is 13.1. The second kappa shape index (κ2) is 6.03. The molecule has 0 heterocycles. The second-order valence-corrected chi connectivity index (χ2v) is 5.27. The zero-order chi connectivity index (χ0) is 13.0. The molecule has 0 saturated carbocycles. The van der Waals surface area contributed by atoms with Gasteiger partial charge in [-0.25, -0.2) is 4.39 Å². The summed E-state index contributed by atoms with van der Waals surface area (Å²) in [6.45, 7) is 2.45. The first-order chi connectivity index (χ1) is 8.69. The summed E-state index contributed by atoms with van der Waals surface area (Å²) in [7, 11) is 0. The average Bonchev–Trinajstić information content (AvgIpc) is 2.37. The van der Waals surface area contributed by atoms with E-state index in [0.717, 1.165) is 16.9 Å². The molecule has 0 atom stereocenters. The van der Waals surface area contributed by atoms with Gasteiger partial charge in [0, 0.05) is 17.2 Å². The Morgan fingerprint density at radius 3 is 2.67 bits per heavy atom. The van der Waals surface area contributed by atoms with Gasteiger partial charge >= 0.3 is 0 Å². The third kappa shape index (κ3) is 3.34. The first-order valence-corrected chi connectivity index (χ1v) is 6.84. The lowest BCUT2D eigenvalue weighted by atomic mass is 10.1. The van der Waals surface area contributed by atoms with Crippen molar-refractivity contribution >= 4 is 11.8 Å². The number of hydrogen-bond acceptors (Lipinski definition) is 2. The minimum absolute atomic E-state index is 0.222. The molecule has 0 amide bonds. The Hall–Kier alpha value is -1.32. The quantitative estimate of drug-likeness (QED) is 0.845. The predicted octanol–water partition coefficient (Wildman–Crippen LogP) is 3.89. The summed E-state index contributed by atoms with van der Waals surface area (Å²) in [5.74, 6) is 0.593. The van der Waals surface area contributed by atoms with Crippen LogP contribution in [0.2, 0.25) is 0 Å². The fraction of sp³-hybridized carbons (Fsp3) is 0.200. The Bertz CT molecular complexity index is 540. The summed E-state index contributed by atoms with van der Waals surface area (Å²) < 4.78 is 13.1. The Kier molecular flexibility index (Phi) is 4.39. The molecule has 1 nitrogen and oxygen atoms in total. The van der Waals surface area contributed by atoms with Crippen molar-refractivity contribution in [3.05, 3.63) is 65.0 Å². The SMILES string of the molecule is Cc1cccc(SCc2ccc(F)cc2CN)c1. The van der Waals surface area contributed by atoms with Gasteiger partial charge in [0.1, 0.15) is 5.82 Å². The van der Waals surface area contributed by atoms with Gasteiger partial charge in [0.15, 0.2) is 0 Å². The molecule has 18 heavy (non-hydrogen) atoms. The number of aryl methyl sites for hydroxylation is 1. The monoisotopic (exact) mass is 261 g/mol. The summed E-state index contributed by atoms with van der Waals surface area (Å²) in [6, 6.07) is 13.2. The normalized spacial score (nSPS) is 10.6. The van der Waals surface area contributed by atoms with Gasteiger partial charge < -0.3 is 5.73 Å². The number of nitrogens with two attached hydrogens (primary N) is 1. The van der Waals surface area contributed by atoms with E-state index in [-0.39, 0.29) is 5.82 Å². The van der Waals surface area contributed by atoms with Crippen LogP contribution in [0.4, 0.5) is 4.39 Å². The maximum atomic E-state index is 13.1. The van der Waals surface area contributed by atoms with Gasteiger partial charge in [-0.05, 0) is 42.3 Å². The van der Waals surface area contributed by atoms with E-state index in [1.54, 1.807) is 11.8 Å². The highest BCUT2D eigenvalue weighted by atomic mass is 32.2. The van der Waals surface area contributed by atoms with Gasteiger partial charge in [-0.3, -0.25) is 0 Å². The van der Waals surface area contributed by atoms with Gasteiger partial charge in [-0.15, -0.1) is 11.8 Å². The highest BCUT2D eigenvalue weighted by molar-refractivity contribution is 7.98. The Morgan fingerprint density at radius 2 is 1.94 bits per heavy atom.